The van der Waals surface area contributed by atoms with E-state index in [2.05, 4.69) is 31.2 Å². The topological polar surface area (TPSA) is 35.2 Å². The first-order chi connectivity index (χ1) is 8.27. The van der Waals surface area contributed by atoms with Gasteiger partial charge in [-0.15, -0.1) is 0 Å². The van der Waals surface area contributed by atoms with Gasteiger partial charge in [0.05, 0.1) is 0 Å². The third-order valence-electron chi connectivity index (χ3n) is 2.95. The van der Waals surface area contributed by atoms with E-state index in [1.54, 1.807) is 0 Å². The lowest BCUT2D eigenvalue weighted by Crippen LogP contribution is -2.11. The van der Waals surface area contributed by atoms with Gasteiger partial charge in [0.1, 0.15) is 0 Å². The van der Waals surface area contributed by atoms with Crippen LogP contribution < -0.4 is 5.73 Å². The van der Waals surface area contributed by atoms with Crippen LogP contribution >= 0.6 is 0 Å². The lowest BCUT2D eigenvalue weighted by molar-refractivity contribution is 0.142. The first-order valence-electron chi connectivity index (χ1n) is 6.70. The van der Waals surface area contributed by atoms with Crippen LogP contribution in [0.25, 0.3) is 0 Å². The van der Waals surface area contributed by atoms with Crippen LogP contribution in [-0.2, 0) is 11.2 Å². The van der Waals surface area contributed by atoms with E-state index in [1.165, 1.54) is 17.5 Å². The van der Waals surface area contributed by atoms with Crippen LogP contribution in [0, 0.1) is 0 Å². The first kappa shape index (κ1) is 14.2. The highest BCUT2D eigenvalue weighted by molar-refractivity contribution is 5.24. The van der Waals surface area contributed by atoms with E-state index in [0.717, 1.165) is 32.5 Å². The van der Waals surface area contributed by atoms with Crippen molar-refractivity contribution in [3.8, 4) is 0 Å². The van der Waals surface area contributed by atoms with E-state index >= 15 is 0 Å². The molecule has 0 bridgehead atoms. The second-order valence-corrected chi connectivity index (χ2v) is 4.44. The number of hydrogen-bond donors (Lipinski definition) is 1. The minimum atomic E-state index is 0.145. The molecule has 1 atom stereocenters. The summed E-state index contributed by atoms with van der Waals surface area (Å²) in [7, 11) is 0. The van der Waals surface area contributed by atoms with Crippen molar-refractivity contribution < 1.29 is 4.74 Å². The molecule has 96 valence electrons. The Balaban J connectivity index is 2.37. The second kappa shape index (κ2) is 8.26. The minimum absolute atomic E-state index is 0.145. The van der Waals surface area contributed by atoms with Crippen molar-refractivity contribution in [3.63, 3.8) is 0 Å². The van der Waals surface area contributed by atoms with Crippen molar-refractivity contribution in [2.24, 2.45) is 5.73 Å². The number of ether oxygens (including phenoxy) is 1. The van der Waals surface area contributed by atoms with Gasteiger partial charge in [-0.2, -0.15) is 0 Å². The predicted molar refractivity (Wildman–Crippen MR) is 73.1 cm³/mol. The Labute approximate surface area is 105 Å². The van der Waals surface area contributed by atoms with Crippen molar-refractivity contribution in [1.82, 2.24) is 0 Å². The van der Waals surface area contributed by atoms with Gasteiger partial charge in [0, 0.05) is 19.3 Å². The fourth-order valence-electron chi connectivity index (χ4n) is 1.94. The molecule has 2 N–H and O–H groups in total. The third-order valence-corrected chi connectivity index (χ3v) is 2.95. The van der Waals surface area contributed by atoms with Crippen LogP contribution in [0.5, 0.6) is 0 Å². The zero-order valence-corrected chi connectivity index (χ0v) is 11.1. The molecule has 1 rings (SSSR count). The number of nitrogens with two attached hydrogens (primary N) is 1. The molecule has 0 aromatic heterocycles. The summed E-state index contributed by atoms with van der Waals surface area (Å²) < 4.78 is 5.32. The molecule has 0 aliphatic carbocycles. The minimum Gasteiger partial charge on any atom is -0.382 e. The van der Waals surface area contributed by atoms with E-state index < -0.39 is 0 Å². The van der Waals surface area contributed by atoms with Crippen LogP contribution in [0.1, 0.15) is 50.3 Å². The molecule has 0 heterocycles. The SMILES string of the molecule is CCCc1ccc(C(N)CCCOCC)cc1. The molecule has 0 saturated carbocycles. The highest BCUT2D eigenvalue weighted by atomic mass is 16.5. The number of benzene rings is 1. The summed E-state index contributed by atoms with van der Waals surface area (Å²) in [6, 6.07) is 8.86. The predicted octanol–water partition coefficient (Wildman–Crippen LogP) is 3.46. The van der Waals surface area contributed by atoms with Gasteiger partial charge in [0.2, 0.25) is 0 Å². The number of aryl methyl sites for hydroxylation is 1. The summed E-state index contributed by atoms with van der Waals surface area (Å²) in [5, 5.41) is 0. The highest BCUT2D eigenvalue weighted by Crippen LogP contribution is 2.17. The molecule has 0 amide bonds. The zero-order valence-electron chi connectivity index (χ0n) is 11.1. The fraction of sp³-hybridized carbons (Fsp3) is 0.600. The van der Waals surface area contributed by atoms with Crippen molar-refractivity contribution in [2.75, 3.05) is 13.2 Å². The highest BCUT2D eigenvalue weighted by Gasteiger charge is 2.05. The van der Waals surface area contributed by atoms with E-state index in [1.807, 2.05) is 6.92 Å². The van der Waals surface area contributed by atoms with Gasteiger partial charge in [-0.25, -0.2) is 0 Å². The van der Waals surface area contributed by atoms with E-state index in [0.29, 0.717) is 0 Å². The number of hydrogen-bond acceptors (Lipinski definition) is 2. The molecule has 1 aromatic carbocycles. The Morgan fingerprint density at radius 1 is 1.18 bits per heavy atom. The lowest BCUT2D eigenvalue weighted by Gasteiger charge is -2.12. The molecule has 0 aliphatic heterocycles. The Hall–Kier alpha value is -0.860. The van der Waals surface area contributed by atoms with Gasteiger partial charge >= 0.3 is 0 Å². The van der Waals surface area contributed by atoms with Crippen LogP contribution in [0.3, 0.4) is 0 Å². The van der Waals surface area contributed by atoms with Gasteiger partial charge in [0.25, 0.3) is 0 Å². The third kappa shape index (κ3) is 5.33. The van der Waals surface area contributed by atoms with E-state index in [9.17, 15) is 0 Å². The van der Waals surface area contributed by atoms with Gasteiger partial charge in [-0.3, -0.25) is 0 Å². The molecular weight excluding hydrogens is 210 g/mol. The molecule has 17 heavy (non-hydrogen) atoms. The lowest BCUT2D eigenvalue weighted by atomic mass is 10.0. The molecule has 1 unspecified atom stereocenters. The molecular formula is C15H25NO. The monoisotopic (exact) mass is 235 g/mol. The van der Waals surface area contributed by atoms with E-state index in [-0.39, 0.29) is 6.04 Å². The van der Waals surface area contributed by atoms with Crippen LogP contribution in [0.4, 0.5) is 0 Å². The number of rotatable bonds is 8. The van der Waals surface area contributed by atoms with Gasteiger partial charge in [-0.1, -0.05) is 37.6 Å². The van der Waals surface area contributed by atoms with Crippen LogP contribution in [-0.4, -0.2) is 13.2 Å². The molecule has 0 fully saturated rings. The molecule has 0 spiro atoms. The molecule has 1 aromatic rings. The average molecular weight is 235 g/mol. The largest absolute Gasteiger partial charge is 0.382 e. The Kier molecular flexibility index (Phi) is 6.90. The average Bonchev–Trinajstić information content (AvgIpc) is 2.36. The van der Waals surface area contributed by atoms with E-state index in [4.69, 9.17) is 10.5 Å². The standard InChI is InChI=1S/C15H25NO/c1-3-6-13-8-10-14(11-9-13)15(16)7-5-12-17-4-2/h8-11,15H,3-7,12,16H2,1-2H3. The van der Waals surface area contributed by atoms with Crippen LogP contribution in [0.2, 0.25) is 0 Å². The Morgan fingerprint density at radius 3 is 2.47 bits per heavy atom. The van der Waals surface area contributed by atoms with Crippen molar-refractivity contribution in [1.29, 1.82) is 0 Å². The summed E-state index contributed by atoms with van der Waals surface area (Å²) in [5.41, 5.74) is 8.78. The van der Waals surface area contributed by atoms with Crippen LogP contribution in [0.15, 0.2) is 24.3 Å². The van der Waals surface area contributed by atoms with Crippen molar-refractivity contribution in [3.05, 3.63) is 35.4 Å². The maximum atomic E-state index is 6.15. The van der Waals surface area contributed by atoms with Crippen molar-refractivity contribution in [2.45, 2.75) is 45.6 Å². The molecule has 0 saturated heterocycles. The summed E-state index contributed by atoms with van der Waals surface area (Å²) in [4.78, 5) is 0. The molecule has 0 radical (unpaired) electrons. The Bertz CT molecular complexity index is 294. The second-order valence-electron chi connectivity index (χ2n) is 4.44. The first-order valence-corrected chi connectivity index (χ1v) is 6.70. The summed E-state index contributed by atoms with van der Waals surface area (Å²) in [5.74, 6) is 0. The smallest absolute Gasteiger partial charge is 0.0466 e. The fourth-order valence-corrected chi connectivity index (χ4v) is 1.94. The van der Waals surface area contributed by atoms with Gasteiger partial charge in [-0.05, 0) is 37.3 Å². The summed E-state index contributed by atoms with van der Waals surface area (Å²) in [6.07, 6.45) is 4.37. The molecule has 0 aliphatic rings. The molecule has 2 heteroatoms. The normalized spacial score (nSPS) is 12.6. The zero-order chi connectivity index (χ0) is 12.5. The van der Waals surface area contributed by atoms with Gasteiger partial charge in [0.15, 0.2) is 0 Å². The Morgan fingerprint density at radius 2 is 1.88 bits per heavy atom. The molecule has 2 nitrogen and oxygen atoms in total. The van der Waals surface area contributed by atoms with Crippen molar-refractivity contribution >= 4 is 0 Å². The quantitative estimate of drug-likeness (QED) is 0.700. The van der Waals surface area contributed by atoms with Gasteiger partial charge < -0.3 is 10.5 Å². The summed E-state index contributed by atoms with van der Waals surface area (Å²) >= 11 is 0. The maximum Gasteiger partial charge on any atom is 0.0466 e. The summed E-state index contributed by atoms with van der Waals surface area (Å²) in [6.45, 7) is 5.83. The maximum absolute atomic E-state index is 6.15.